The molecule has 4 nitrogen and oxygen atoms in total. The van der Waals surface area contributed by atoms with Crippen LogP contribution >= 0.6 is 0 Å². The number of alkyl halides is 3. The summed E-state index contributed by atoms with van der Waals surface area (Å²) in [4.78, 5) is 18.4. The number of nitrogens with zero attached hydrogens (tertiary/aromatic N) is 1. The molecule has 2 fully saturated rings. The average Bonchev–Trinajstić information content (AvgIpc) is 3.33. The van der Waals surface area contributed by atoms with Crippen molar-refractivity contribution in [2.75, 3.05) is 19.6 Å². The van der Waals surface area contributed by atoms with E-state index in [1.54, 1.807) is 6.08 Å². The summed E-state index contributed by atoms with van der Waals surface area (Å²) >= 11 is 0. The lowest BCUT2D eigenvalue weighted by Crippen LogP contribution is -2.41. The van der Waals surface area contributed by atoms with Crippen LogP contribution in [-0.2, 0) is 11.0 Å². The number of hydrogen-bond acceptors (Lipinski definition) is 2. The molecule has 0 bridgehead atoms. The Bertz CT molecular complexity index is 1210. The number of carbonyl (C=O) groups excluding carboxylic acids is 1. The number of halogens is 3. The maximum absolute atomic E-state index is 12.7. The number of carbonyl (C=O) groups is 1. The third kappa shape index (κ3) is 6.45. The van der Waals surface area contributed by atoms with E-state index in [9.17, 15) is 18.0 Å². The molecule has 1 saturated heterocycles. The summed E-state index contributed by atoms with van der Waals surface area (Å²) in [5.74, 6) is 1.09. The monoisotopic (exact) mass is 509 g/mol. The Balaban J connectivity index is 1.02. The van der Waals surface area contributed by atoms with E-state index >= 15 is 0 Å². The molecule has 2 N–H and O–H groups in total. The second-order valence-electron chi connectivity index (χ2n) is 10.5. The maximum Gasteiger partial charge on any atom is 0.416 e. The minimum absolute atomic E-state index is 0.161. The Morgan fingerprint density at radius 3 is 2.38 bits per heavy atom. The predicted octanol–water partition coefficient (Wildman–Crippen LogP) is 6.75. The second-order valence-corrected chi connectivity index (χ2v) is 10.5. The Hall–Kier alpha value is -3.06. The maximum atomic E-state index is 12.7. The van der Waals surface area contributed by atoms with Crippen molar-refractivity contribution in [3.05, 3.63) is 77.5 Å². The summed E-state index contributed by atoms with van der Waals surface area (Å²) in [6.45, 7) is 3.40. The minimum atomic E-state index is -4.35. The lowest BCUT2D eigenvalue weighted by Gasteiger charge is -2.36. The highest BCUT2D eigenvalue weighted by Crippen LogP contribution is 2.34. The van der Waals surface area contributed by atoms with Crippen LogP contribution in [0.2, 0.25) is 0 Å². The smallest absolute Gasteiger partial charge is 0.361 e. The first-order valence-corrected chi connectivity index (χ1v) is 13.3. The van der Waals surface area contributed by atoms with Crippen LogP contribution < -0.4 is 5.32 Å². The van der Waals surface area contributed by atoms with Crippen LogP contribution in [0.1, 0.15) is 61.1 Å². The van der Waals surface area contributed by atoms with E-state index in [4.69, 9.17) is 0 Å². The molecule has 0 unspecified atom stereocenters. The molecule has 196 valence electrons. The summed E-state index contributed by atoms with van der Waals surface area (Å²) in [6.07, 6.45) is 7.34. The van der Waals surface area contributed by atoms with Crippen LogP contribution in [0.25, 0.3) is 17.0 Å². The molecule has 2 heterocycles. The first-order valence-electron chi connectivity index (χ1n) is 13.3. The van der Waals surface area contributed by atoms with Gasteiger partial charge in [0.2, 0.25) is 5.91 Å². The Morgan fingerprint density at radius 1 is 0.973 bits per heavy atom. The Labute approximate surface area is 215 Å². The van der Waals surface area contributed by atoms with E-state index in [0.717, 1.165) is 57.5 Å². The van der Waals surface area contributed by atoms with Gasteiger partial charge >= 0.3 is 6.18 Å². The van der Waals surface area contributed by atoms with Gasteiger partial charge in [-0.1, -0.05) is 30.3 Å². The number of aromatic amines is 1. The van der Waals surface area contributed by atoms with E-state index < -0.39 is 11.7 Å². The normalized spacial score (nSPS) is 22.0. The van der Waals surface area contributed by atoms with Gasteiger partial charge in [-0.2, -0.15) is 13.2 Å². The van der Waals surface area contributed by atoms with E-state index in [1.807, 2.05) is 0 Å². The zero-order valence-corrected chi connectivity index (χ0v) is 20.9. The van der Waals surface area contributed by atoms with Crippen molar-refractivity contribution in [2.24, 2.45) is 5.92 Å². The first-order chi connectivity index (χ1) is 17.8. The number of hydrogen-bond donors (Lipinski definition) is 2. The van der Waals surface area contributed by atoms with Crippen molar-refractivity contribution in [3.8, 4) is 0 Å². The number of fused-ring (bicyclic) bond motifs is 1. The summed E-state index contributed by atoms with van der Waals surface area (Å²) in [5.41, 5.74) is 2.56. The summed E-state index contributed by atoms with van der Waals surface area (Å²) in [6, 6.07) is 13.5. The van der Waals surface area contributed by atoms with Crippen molar-refractivity contribution in [2.45, 2.75) is 56.7 Å². The van der Waals surface area contributed by atoms with Crippen LogP contribution in [0.5, 0.6) is 0 Å². The fourth-order valence-electron chi connectivity index (χ4n) is 5.92. The van der Waals surface area contributed by atoms with Crippen molar-refractivity contribution in [1.82, 2.24) is 15.2 Å². The zero-order valence-electron chi connectivity index (χ0n) is 20.9. The van der Waals surface area contributed by atoms with Crippen LogP contribution in [0.4, 0.5) is 13.2 Å². The van der Waals surface area contributed by atoms with Crippen LogP contribution in [0.3, 0.4) is 0 Å². The molecule has 2 aliphatic rings. The average molecular weight is 510 g/mol. The van der Waals surface area contributed by atoms with E-state index in [-0.39, 0.29) is 11.9 Å². The fraction of sp³-hybridized carbons (Fsp3) is 0.433. The highest BCUT2D eigenvalue weighted by Gasteiger charge is 2.30. The largest absolute Gasteiger partial charge is 0.416 e. The van der Waals surface area contributed by atoms with Gasteiger partial charge in [0.25, 0.3) is 0 Å². The number of likely N-dealkylation sites (tertiary alicyclic amines) is 1. The zero-order chi connectivity index (χ0) is 25.8. The summed E-state index contributed by atoms with van der Waals surface area (Å²) in [5, 5.41) is 4.42. The number of para-hydroxylation sites is 1. The van der Waals surface area contributed by atoms with Crippen molar-refractivity contribution >= 4 is 22.9 Å². The SMILES string of the molecule is O=C(/C=C/c1ccc(C(F)(F)F)cc1)NC1CCC(CN2CCC(c3c[nH]c4ccccc34)CC2)CC1. The molecule has 1 saturated carbocycles. The molecule has 5 rings (SSSR count). The molecule has 3 aromatic rings. The van der Waals surface area contributed by atoms with Crippen LogP contribution in [-0.4, -0.2) is 41.5 Å². The third-order valence-electron chi connectivity index (χ3n) is 8.02. The number of benzene rings is 2. The third-order valence-corrected chi connectivity index (χ3v) is 8.02. The molecule has 7 heteroatoms. The lowest BCUT2D eigenvalue weighted by molar-refractivity contribution is -0.137. The lowest BCUT2D eigenvalue weighted by atomic mass is 9.84. The molecule has 1 amide bonds. The quantitative estimate of drug-likeness (QED) is 0.361. The number of nitrogens with one attached hydrogen (secondary N) is 2. The van der Waals surface area contributed by atoms with Crippen LogP contribution in [0.15, 0.2) is 60.8 Å². The molecular formula is C30H34F3N3O. The molecule has 0 atom stereocenters. The minimum Gasteiger partial charge on any atom is -0.361 e. The van der Waals surface area contributed by atoms with E-state index in [1.165, 1.54) is 47.5 Å². The number of rotatable bonds is 6. The van der Waals surface area contributed by atoms with E-state index in [0.29, 0.717) is 17.4 Å². The molecule has 2 aromatic carbocycles. The molecule has 0 spiro atoms. The van der Waals surface area contributed by atoms with E-state index in [2.05, 4.69) is 45.7 Å². The van der Waals surface area contributed by atoms with Crippen molar-refractivity contribution in [1.29, 1.82) is 0 Å². The highest BCUT2D eigenvalue weighted by molar-refractivity contribution is 5.91. The standard InChI is InChI=1S/C30H34F3N3O/c31-30(32,33)24-10-5-21(6-11-24)9-14-29(37)35-25-12-7-22(8-13-25)20-36-17-15-23(16-18-36)27-19-34-28-4-2-1-3-26(27)28/h1-6,9-11,14,19,22-23,25,34H,7-8,12-13,15-18,20H2,(H,35,37)/b14-9+. The van der Waals surface area contributed by atoms with Crippen LogP contribution in [0, 0.1) is 5.92 Å². The molecule has 1 aliphatic heterocycles. The predicted molar refractivity (Wildman–Crippen MR) is 141 cm³/mol. The first kappa shape index (κ1) is 25.6. The van der Waals surface area contributed by atoms with Gasteiger partial charge in [-0.15, -0.1) is 0 Å². The van der Waals surface area contributed by atoms with Gasteiger partial charge in [-0.25, -0.2) is 0 Å². The molecule has 1 aliphatic carbocycles. The Morgan fingerprint density at radius 2 is 1.68 bits per heavy atom. The summed E-state index contributed by atoms with van der Waals surface area (Å²) < 4.78 is 38.0. The second kappa shape index (κ2) is 11.1. The van der Waals surface area contributed by atoms with Gasteiger partial charge in [0.05, 0.1) is 5.56 Å². The number of aromatic nitrogens is 1. The molecular weight excluding hydrogens is 475 g/mol. The molecule has 1 aromatic heterocycles. The Kier molecular flexibility index (Phi) is 7.70. The number of amides is 1. The topological polar surface area (TPSA) is 48.1 Å². The molecule has 37 heavy (non-hydrogen) atoms. The molecule has 0 radical (unpaired) electrons. The number of H-pyrrole nitrogens is 1. The van der Waals surface area contributed by atoms with Gasteiger partial charge in [0.1, 0.15) is 0 Å². The van der Waals surface area contributed by atoms with Crippen molar-refractivity contribution < 1.29 is 18.0 Å². The summed E-state index contributed by atoms with van der Waals surface area (Å²) in [7, 11) is 0. The van der Waals surface area contributed by atoms with Gasteiger partial charge in [-0.05, 0) is 98.9 Å². The highest BCUT2D eigenvalue weighted by atomic mass is 19.4. The fourth-order valence-corrected chi connectivity index (χ4v) is 5.92. The van der Waals surface area contributed by atoms with Gasteiger partial charge in [-0.3, -0.25) is 4.79 Å². The number of piperidine rings is 1. The van der Waals surface area contributed by atoms with Crippen molar-refractivity contribution in [3.63, 3.8) is 0 Å². The van der Waals surface area contributed by atoms with Gasteiger partial charge < -0.3 is 15.2 Å². The van der Waals surface area contributed by atoms with Gasteiger partial charge in [0, 0.05) is 35.8 Å². The van der Waals surface area contributed by atoms with Gasteiger partial charge in [0.15, 0.2) is 0 Å².